The van der Waals surface area contributed by atoms with Crippen molar-refractivity contribution in [3.8, 4) is 0 Å². The molecule has 0 heterocycles. The average Bonchev–Trinajstić information content (AvgIpc) is 2.36. The summed E-state index contributed by atoms with van der Waals surface area (Å²) in [5.74, 6) is -1.66. The zero-order valence-corrected chi connectivity index (χ0v) is 10.2. The molecule has 0 saturated heterocycles. The van der Waals surface area contributed by atoms with E-state index >= 15 is 0 Å². The number of carbonyl (C=O) groups is 1. The molecule has 0 atom stereocenters. The Bertz CT molecular complexity index is 624. The number of halogens is 2. The van der Waals surface area contributed by atoms with Crippen molar-refractivity contribution in [3.63, 3.8) is 0 Å². The lowest BCUT2D eigenvalue weighted by molar-refractivity contribution is 0.102. The minimum Gasteiger partial charge on any atom is -0.399 e. The lowest BCUT2D eigenvalue weighted by Gasteiger charge is -2.08. The van der Waals surface area contributed by atoms with E-state index in [1.807, 2.05) is 0 Å². The van der Waals surface area contributed by atoms with Crippen LogP contribution in [0, 0.1) is 18.6 Å². The molecule has 0 aliphatic carbocycles. The molecule has 0 spiro atoms. The van der Waals surface area contributed by atoms with Crippen LogP contribution in [0.3, 0.4) is 0 Å². The highest BCUT2D eigenvalue weighted by Crippen LogP contribution is 2.19. The van der Waals surface area contributed by atoms with Crippen molar-refractivity contribution in [2.45, 2.75) is 6.92 Å². The predicted molar refractivity (Wildman–Crippen MR) is 69.9 cm³/mol. The van der Waals surface area contributed by atoms with Crippen molar-refractivity contribution >= 4 is 17.3 Å². The SMILES string of the molecule is Cc1cc(N)cc(C(=O)Nc2ccc(F)cc2)c1F. The number of carbonyl (C=O) groups excluding carboxylic acids is 1. The van der Waals surface area contributed by atoms with Gasteiger partial charge in [0.05, 0.1) is 5.56 Å². The quantitative estimate of drug-likeness (QED) is 0.817. The van der Waals surface area contributed by atoms with Gasteiger partial charge in [0.1, 0.15) is 11.6 Å². The van der Waals surface area contributed by atoms with Crippen molar-refractivity contribution in [1.82, 2.24) is 0 Å². The van der Waals surface area contributed by atoms with Crippen molar-refractivity contribution in [2.24, 2.45) is 0 Å². The van der Waals surface area contributed by atoms with Crippen molar-refractivity contribution < 1.29 is 13.6 Å². The summed E-state index contributed by atoms with van der Waals surface area (Å²) < 4.78 is 26.6. The molecule has 2 rings (SSSR count). The number of anilines is 2. The monoisotopic (exact) mass is 262 g/mol. The summed E-state index contributed by atoms with van der Waals surface area (Å²) in [7, 11) is 0. The lowest BCUT2D eigenvalue weighted by atomic mass is 10.1. The first kappa shape index (κ1) is 13.0. The average molecular weight is 262 g/mol. The third-order valence-electron chi connectivity index (χ3n) is 2.62. The van der Waals surface area contributed by atoms with Gasteiger partial charge in [0.2, 0.25) is 0 Å². The number of aryl methyl sites for hydroxylation is 1. The molecule has 98 valence electrons. The maximum Gasteiger partial charge on any atom is 0.258 e. The summed E-state index contributed by atoms with van der Waals surface area (Å²) >= 11 is 0. The molecule has 5 heteroatoms. The molecular formula is C14H12F2N2O. The number of rotatable bonds is 2. The molecular weight excluding hydrogens is 250 g/mol. The standard InChI is InChI=1S/C14H12F2N2O/c1-8-6-10(17)7-12(13(8)16)14(19)18-11-4-2-9(15)3-5-11/h2-7H,17H2,1H3,(H,18,19). The van der Waals surface area contributed by atoms with Crippen molar-refractivity contribution in [2.75, 3.05) is 11.1 Å². The molecule has 0 radical (unpaired) electrons. The van der Waals surface area contributed by atoms with Crippen molar-refractivity contribution in [3.05, 3.63) is 59.2 Å². The van der Waals surface area contributed by atoms with Gasteiger partial charge < -0.3 is 11.1 Å². The molecule has 0 bridgehead atoms. The van der Waals surface area contributed by atoms with Gasteiger partial charge >= 0.3 is 0 Å². The Balaban J connectivity index is 2.27. The van der Waals surface area contributed by atoms with Gasteiger partial charge in [0.15, 0.2) is 0 Å². The van der Waals surface area contributed by atoms with E-state index in [4.69, 9.17) is 5.73 Å². The Morgan fingerprint density at radius 1 is 1.16 bits per heavy atom. The predicted octanol–water partition coefficient (Wildman–Crippen LogP) is 3.11. The van der Waals surface area contributed by atoms with Gasteiger partial charge in [0.25, 0.3) is 5.91 Å². The highest BCUT2D eigenvalue weighted by molar-refractivity contribution is 6.05. The number of nitrogens with one attached hydrogen (secondary N) is 1. The second-order valence-electron chi connectivity index (χ2n) is 4.16. The zero-order chi connectivity index (χ0) is 14.0. The second-order valence-corrected chi connectivity index (χ2v) is 4.16. The van der Waals surface area contributed by atoms with Crippen LogP contribution in [0.2, 0.25) is 0 Å². The normalized spacial score (nSPS) is 10.3. The molecule has 0 fully saturated rings. The number of amides is 1. The van der Waals surface area contributed by atoms with Crippen LogP contribution in [0.15, 0.2) is 36.4 Å². The fourth-order valence-corrected chi connectivity index (χ4v) is 1.69. The van der Waals surface area contributed by atoms with Crippen LogP contribution in [0.5, 0.6) is 0 Å². The number of benzene rings is 2. The first-order valence-electron chi connectivity index (χ1n) is 5.60. The zero-order valence-electron chi connectivity index (χ0n) is 10.2. The summed E-state index contributed by atoms with van der Waals surface area (Å²) in [5, 5.41) is 2.48. The molecule has 1 amide bonds. The maximum absolute atomic E-state index is 13.8. The van der Waals surface area contributed by atoms with Gasteiger partial charge in [-0.25, -0.2) is 8.78 Å². The lowest BCUT2D eigenvalue weighted by Crippen LogP contribution is -2.15. The number of nitrogen functional groups attached to an aromatic ring is 1. The Morgan fingerprint density at radius 2 is 1.79 bits per heavy atom. The molecule has 0 aliphatic heterocycles. The number of hydrogen-bond donors (Lipinski definition) is 2. The Labute approximate surface area is 109 Å². The number of hydrogen-bond acceptors (Lipinski definition) is 2. The summed E-state index contributed by atoms with van der Waals surface area (Å²) in [4.78, 5) is 11.9. The molecule has 2 aromatic carbocycles. The highest BCUT2D eigenvalue weighted by Gasteiger charge is 2.14. The molecule has 0 unspecified atom stereocenters. The van der Waals surface area contributed by atoms with Gasteiger partial charge in [-0.3, -0.25) is 4.79 Å². The van der Waals surface area contributed by atoms with Gasteiger partial charge in [-0.1, -0.05) is 0 Å². The number of nitrogens with two attached hydrogens (primary N) is 1. The maximum atomic E-state index is 13.8. The van der Waals surface area contributed by atoms with Gasteiger partial charge in [-0.15, -0.1) is 0 Å². The van der Waals surface area contributed by atoms with Gasteiger partial charge in [0, 0.05) is 11.4 Å². The van der Waals surface area contributed by atoms with Crippen LogP contribution in [0.4, 0.5) is 20.2 Å². The van der Waals surface area contributed by atoms with Crippen LogP contribution in [-0.2, 0) is 0 Å². The molecule has 0 aliphatic rings. The van der Waals surface area contributed by atoms with Crippen LogP contribution in [-0.4, -0.2) is 5.91 Å². The summed E-state index contributed by atoms with van der Waals surface area (Å²) in [6.45, 7) is 1.53. The molecule has 0 aromatic heterocycles. The highest BCUT2D eigenvalue weighted by atomic mass is 19.1. The Hall–Kier alpha value is -2.43. The minimum atomic E-state index is -0.625. The van der Waals surface area contributed by atoms with Gasteiger partial charge in [-0.05, 0) is 48.9 Å². The summed E-state index contributed by atoms with van der Waals surface area (Å²) in [5.41, 5.74) is 6.43. The fourth-order valence-electron chi connectivity index (χ4n) is 1.69. The Kier molecular flexibility index (Phi) is 3.46. The van der Waals surface area contributed by atoms with E-state index in [0.29, 0.717) is 16.9 Å². The second kappa shape index (κ2) is 5.06. The molecule has 3 N–H and O–H groups in total. The third-order valence-corrected chi connectivity index (χ3v) is 2.62. The molecule has 0 saturated carbocycles. The van der Waals surface area contributed by atoms with E-state index in [-0.39, 0.29) is 5.56 Å². The first-order chi connectivity index (χ1) is 8.97. The first-order valence-corrected chi connectivity index (χ1v) is 5.60. The van der Waals surface area contributed by atoms with Crippen LogP contribution in [0.25, 0.3) is 0 Å². The summed E-state index contributed by atoms with van der Waals surface area (Å²) in [6.07, 6.45) is 0. The van der Waals surface area contributed by atoms with Crippen LogP contribution < -0.4 is 11.1 Å². The fraction of sp³-hybridized carbons (Fsp3) is 0.0714. The molecule has 19 heavy (non-hydrogen) atoms. The van der Waals surface area contributed by atoms with Crippen LogP contribution in [0.1, 0.15) is 15.9 Å². The smallest absolute Gasteiger partial charge is 0.258 e. The molecule has 3 nitrogen and oxygen atoms in total. The largest absolute Gasteiger partial charge is 0.399 e. The van der Waals surface area contributed by atoms with E-state index in [9.17, 15) is 13.6 Å². The molecule has 2 aromatic rings. The minimum absolute atomic E-state index is 0.137. The van der Waals surface area contributed by atoms with E-state index in [0.717, 1.165) is 0 Å². The summed E-state index contributed by atoms with van der Waals surface area (Å²) in [6, 6.07) is 7.91. The van der Waals surface area contributed by atoms with Crippen LogP contribution >= 0.6 is 0 Å². The van der Waals surface area contributed by atoms with E-state index in [2.05, 4.69) is 5.32 Å². The van der Waals surface area contributed by atoms with E-state index in [1.165, 1.54) is 43.3 Å². The topological polar surface area (TPSA) is 55.1 Å². The van der Waals surface area contributed by atoms with E-state index in [1.54, 1.807) is 0 Å². The van der Waals surface area contributed by atoms with Crippen molar-refractivity contribution in [1.29, 1.82) is 0 Å². The third kappa shape index (κ3) is 2.88. The van der Waals surface area contributed by atoms with E-state index < -0.39 is 17.5 Å². The Morgan fingerprint density at radius 3 is 2.42 bits per heavy atom. The van der Waals surface area contributed by atoms with Gasteiger partial charge in [-0.2, -0.15) is 0 Å².